The predicted octanol–water partition coefficient (Wildman–Crippen LogP) is 2.13. The number of aliphatic hydroxyl groups is 1. The second kappa shape index (κ2) is 5.86. The van der Waals surface area contributed by atoms with Gasteiger partial charge >= 0.3 is 5.97 Å². The van der Waals surface area contributed by atoms with Crippen LogP contribution in [0.25, 0.3) is 0 Å². The van der Waals surface area contributed by atoms with Crippen molar-refractivity contribution in [1.29, 1.82) is 0 Å². The van der Waals surface area contributed by atoms with Gasteiger partial charge in [0.25, 0.3) is 0 Å². The summed E-state index contributed by atoms with van der Waals surface area (Å²) in [5.41, 5.74) is -0.428. The van der Waals surface area contributed by atoms with Crippen LogP contribution in [-0.4, -0.2) is 23.8 Å². The van der Waals surface area contributed by atoms with Gasteiger partial charge in [-0.3, -0.25) is 4.79 Å². The monoisotopic (exact) mass is 262 g/mol. The Kier molecular flexibility index (Phi) is 4.72. The van der Waals surface area contributed by atoms with Crippen molar-refractivity contribution in [2.45, 2.75) is 25.9 Å². The van der Waals surface area contributed by atoms with Crippen molar-refractivity contribution in [1.82, 2.24) is 0 Å². The quantitative estimate of drug-likeness (QED) is 0.668. The Morgan fingerprint density at radius 2 is 1.83 bits per heavy atom. The summed E-state index contributed by atoms with van der Waals surface area (Å²) in [7, 11) is 0. The lowest BCUT2D eigenvalue weighted by molar-refractivity contribution is -0.147. The van der Waals surface area contributed by atoms with Crippen LogP contribution in [0.4, 0.5) is 13.2 Å². The maximum Gasteiger partial charge on any atom is 0.316 e. The van der Waals surface area contributed by atoms with E-state index >= 15 is 0 Å². The Bertz CT molecular complexity index is 446. The van der Waals surface area contributed by atoms with Crippen molar-refractivity contribution >= 4 is 5.97 Å². The largest absolute Gasteiger partial charge is 0.465 e. The molecule has 0 radical (unpaired) electrons. The molecular formula is C12H13F3O3. The SMILES string of the molecule is CCOC(=O)C(c1cc(F)c(F)cc1F)C(C)O. The maximum absolute atomic E-state index is 13.5. The predicted molar refractivity (Wildman–Crippen MR) is 57.4 cm³/mol. The lowest BCUT2D eigenvalue weighted by atomic mass is 9.93. The molecule has 0 aliphatic heterocycles. The number of hydrogen-bond acceptors (Lipinski definition) is 3. The summed E-state index contributed by atoms with van der Waals surface area (Å²) >= 11 is 0. The second-order valence-corrected chi connectivity index (χ2v) is 3.76. The molecule has 1 aromatic carbocycles. The first-order valence-electron chi connectivity index (χ1n) is 5.37. The van der Waals surface area contributed by atoms with E-state index in [0.717, 1.165) is 0 Å². The summed E-state index contributed by atoms with van der Waals surface area (Å²) < 4.78 is 44.0. The zero-order valence-corrected chi connectivity index (χ0v) is 9.91. The van der Waals surface area contributed by atoms with Crippen molar-refractivity contribution in [2.24, 2.45) is 0 Å². The molecule has 18 heavy (non-hydrogen) atoms. The minimum atomic E-state index is -1.39. The van der Waals surface area contributed by atoms with Crippen LogP contribution < -0.4 is 0 Å². The highest BCUT2D eigenvalue weighted by molar-refractivity contribution is 5.79. The van der Waals surface area contributed by atoms with E-state index in [1.165, 1.54) is 6.92 Å². The van der Waals surface area contributed by atoms with E-state index in [4.69, 9.17) is 0 Å². The lowest BCUT2D eigenvalue weighted by Crippen LogP contribution is -2.27. The van der Waals surface area contributed by atoms with E-state index in [2.05, 4.69) is 4.74 Å². The number of rotatable bonds is 4. The third-order valence-corrected chi connectivity index (χ3v) is 2.40. The third-order valence-electron chi connectivity index (χ3n) is 2.40. The van der Waals surface area contributed by atoms with E-state index in [0.29, 0.717) is 12.1 Å². The Labute approximate surface area is 102 Å². The summed E-state index contributed by atoms with van der Waals surface area (Å²) in [6, 6.07) is 0.887. The summed E-state index contributed by atoms with van der Waals surface area (Å²) in [4.78, 5) is 11.6. The van der Waals surface area contributed by atoms with Crippen LogP contribution >= 0.6 is 0 Å². The molecule has 0 aliphatic carbocycles. The van der Waals surface area contributed by atoms with Crippen molar-refractivity contribution in [3.05, 3.63) is 35.1 Å². The van der Waals surface area contributed by atoms with E-state index in [9.17, 15) is 23.1 Å². The first-order valence-corrected chi connectivity index (χ1v) is 5.37. The number of aliphatic hydroxyl groups excluding tert-OH is 1. The summed E-state index contributed by atoms with van der Waals surface area (Å²) in [6.07, 6.45) is -1.29. The van der Waals surface area contributed by atoms with Crippen molar-refractivity contribution in [3.63, 3.8) is 0 Å². The molecular weight excluding hydrogens is 249 g/mol. The average molecular weight is 262 g/mol. The van der Waals surface area contributed by atoms with Gasteiger partial charge in [0, 0.05) is 11.6 Å². The highest BCUT2D eigenvalue weighted by Gasteiger charge is 2.30. The molecule has 2 atom stereocenters. The van der Waals surface area contributed by atoms with Crippen molar-refractivity contribution in [2.75, 3.05) is 6.61 Å². The van der Waals surface area contributed by atoms with Crippen LogP contribution in [0.15, 0.2) is 12.1 Å². The first-order chi connectivity index (χ1) is 8.38. The highest BCUT2D eigenvalue weighted by atomic mass is 19.2. The Hall–Kier alpha value is -1.56. The maximum atomic E-state index is 13.5. The summed E-state index contributed by atoms with van der Waals surface area (Å²) in [5.74, 6) is -6.03. The van der Waals surface area contributed by atoms with E-state index in [1.807, 2.05) is 0 Å². The van der Waals surface area contributed by atoms with Crippen molar-refractivity contribution < 1.29 is 27.8 Å². The van der Waals surface area contributed by atoms with Crippen LogP contribution in [0, 0.1) is 17.5 Å². The normalized spacial score (nSPS) is 14.1. The number of carbonyl (C=O) groups excluding carboxylic acids is 1. The van der Waals surface area contributed by atoms with Gasteiger partial charge < -0.3 is 9.84 Å². The molecule has 100 valence electrons. The molecule has 0 bridgehead atoms. The molecule has 1 rings (SSSR count). The number of benzene rings is 1. The molecule has 0 aromatic heterocycles. The van der Waals surface area contributed by atoms with Gasteiger partial charge in [0.2, 0.25) is 0 Å². The molecule has 0 heterocycles. The van der Waals surface area contributed by atoms with Gasteiger partial charge in [0.05, 0.1) is 12.7 Å². The van der Waals surface area contributed by atoms with Gasteiger partial charge in [-0.2, -0.15) is 0 Å². The molecule has 3 nitrogen and oxygen atoms in total. The molecule has 0 saturated carbocycles. The van der Waals surface area contributed by atoms with E-state index in [1.54, 1.807) is 6.92 Å². The minimum Gasteiger partial charge on any atom is -0.465 e. The van der Waals surface area contributed by atoms with Gasteiger partial charge in [-0.05, 0) is 19.9 Å². The summed E-state index contributed by atoms with van der Waals surface area (Å²) in [5, 5.41) is 9.46. The number of ether oxygens (including phenoxy) is 1. The zero-order valence-electron chi connectivity index (χ0n) is 9.91. The second-order valence-electron chi connectivity index (χ2n) is 3.76. The number of esters is 1. The molecule has 0 fully saturated rings. The van der Waals surface area contributed by atoms with E-state index in [-0.39, 0.29) is 6.61 Å². The molecule has 2 unspecified atom stereocenters. The van der Waals surface area contributed by atoms with Crippen LogP contribution in [0.5, 0.6) is 0 Å². The molecule has 6 heteroatoms. The fourth-order valence-electron chi connectivity index (χ4n) is 1.59. The van der Waals surface area contributed by atoms with Crippen LogP contribution in [0.1, 0.15) is 25.3 Å². The lowest BCUT2D eigenvalue weighted by Gasteiger charge is -2.19. The highest BCUT2D eigenvalue weighted by Crippen LogP contribution is 2.26. The Morgan fingerprint density at radius 3 is 2.33 bits per heavy atom. The molecule has 1 aromatic rings. The Balaban J connectivity index is 3.22. The molecule has 0 aliphatic rings. The van der Waals surface area contributed by atoms with Gasteiger partial charge in [-0.1, -0.05) is 0 Å². The number of hydrogen-bond donors (Lipinski definition) is 1. The molecule has 0 saturated heterocycles. The van der Waals surface area contributed by atoms with Gasteiger partial charge in [0.15, 0.2) is 11.6 Å². The topological polar surface area (TPSA) is 46.5 Å². The van der Waals surface area contributed by atoms with Crippen LogP contribution in [0.2, 0.25) is 0 Å². The van der Waals surface area contributed by atoms with Crippen LogP contribution in [-0.2, 0) is 9.53 Å². The average Bonchev–Trinajstić information content (AvgIpc) is 2.25. The standard InChI is InChI=1S/C12H13F3O3/c1-3-18-12(17)11(6(2)16)7-4-9(14)10(15)5-8(7)13/h4-6,11,16H,3H2,1-2H3. The van der Waals surface area contributed by atoms with Gasteiger partial charge in [-0.25, -0.2) is 13.2 Å². The molecule has 0 amide bonds. The van der Waals surface area contributed by atoms with Gasteiger partial charge in [0.1, 0.15) is 11.7 Å². The molecule has 1 N–H and O–H groups in total. The first kappa shape index (κ1) is 14.5. The minimum absolute atomic E-state index is 0.0351. The fraction of sp³-hybridized carbons (Fsp3) is 0.417. The summed E-state index contributed by atoms with van der Waals surface area (Å²) in [6.45, 7) is 2.81. The van der Waals surface area contributed by atoms with Crippen molar-refractivity contribution in [3.8, 4) is 0 Å². The smallest absolute Gasteiger partial charge is 0.316 e. The number of halogens is 3. The van der Waals surface area contributed by atoms with Gasteiger partial charge in [-0.15, -0.1) is 0 Å². The number of carbonyl (C=O) groups is 1. The third kappa shape index (κ3) is 3.01. The van der Waals surface area contributed by atoms with Crippen LogP contribution in [0.3, 0.4) is 0 Å². The van der Waals surface area contributed by atoms with E-state index < -0.39 is 41.0 Å². The fourth-order valence-corrected chi connectivity index (χ4v) is 1.59. The zero-order chi connectivity index (χ0) is 13.9. The Morgan fingerprint density at radius 1 is 1.28 bits per heavy atom. The molecule has 0 spiro atoms.